The van der Waals surface area contributed by atoms with E-state index in [1.165, 1.54) is 12.1 Å². The molecule has 0 saturated carbocycles. The highest BCUT2D eigenvalue weighted by Crippen LogP contribution is 2.25. The van der Waals surface area contributed by atoms with Crippen molar-refractivity contribution in [2.75, 3.05) is 37.2 Å². The van der Waals surface area contributed by atoms with E-state index in [0.29, 0.717) is 11.4 Å². The van der Waals surface area contributed by atoms with Gasteiger partial charge < -0.3 is 16.0 Å². The second kappa shape index (κ2) is 7.44. The van der Waals surface area contributed by atoms with Crippen molar-refractivity contribution in [3.05, 3.63) is 23.0 Å². The number of hydrogen-bond acceptors (Lipinski definition) is 3. The average molecular weight is 274 g/mol. The Morgan fingerprint density at radius 3 is 2.61 bits per heavy atom. The number of hydrogen-bond donors (Lipinski definition) is 2. The van der Waals surface area contributed by atoms with Crippen LogP contribution in [0.15, 0.2) is 12.1 Å². The molecule has 0 atom stereocenters. The van der Waals surface area contributed by atoms with Gasteiger partial charge in [0.2, 0.25) is 0 Å². The van der Waals surface area contributed by atoms with Crippen molar-refractivity contribution in [3.63, 3.8) is 0 Å². The summed E-state index contributed by atoms with van der Waals surface area (Å²) in [4.78, 5) is 2.34. The fourth-order valence-electron chi connectivity index (χ4n) is 1.78. The number of halogens is 2. The van der Waals surface area contributed by atoms with Gasteiger partial charge in [-0.2, -0.15) is 0 Å². The smallest absolute Gasteiger partial charge is 0.143 e. The van der Waals surface area contributed by atoms with E-state index in [4.69, 9.17) is 17.3 Å². The van der Waals surface area contributed by atoms with Crippen LogP contribution >= 0.6 is 11.6 Å². The number of nitrogen functional groups attached to an aromatic ring is 1. The van der Waals surface area contributed by atoms with Crippen LogP contribution in [0, 0.1) is 5.82 Å². The Morgan fingerprint density at radius 1 is 1.33 bits per heavy atom. The third kappa shape index (κ3) is 4.35. The minimum atomic E-state index is -0.447. The third-order valence-electron chi connectivity index (χ3n) is 2.95. The largest absolute Gasteiger partial charge is 0.397 e. The molecule has 3 N–H and O–H groups in total. The van der Waals surface area contributed by atoms with Gasteiger partial charge in [-0.3, -0.25) is 0 Å². The van der Waals surface area contributed by atoms with Gasteiger partial charge >= 0.3 is 0 Å². The van der Waals surface area contributed by atoms with E-state index >= 15 is 0 Å². The van der Waals surface area contributed by atoms with Crippen LogP contribution in [0.25, 0.3) is 0 Å². The molecule has 0 aliphatic carbocycles. The van der Waals surface area contributed by atoms with E-state index < -0.39 is 5.82 Å². The van der Waals surface area contributed by atoms with E-state index in [1.807, 2.05) is 0 Å². The molecule has 1 aromatic rings. The van der Waals surface area contributed by atoms with Crippen LogP contribution in [0.4, 0.5) is 15.8 Å². The molecule has 0 spiro atoms. The van der Waals surface area contributed by atoms with Crippen molar-refractivity contribution < 1.29 is 4.39 Å². The highest BCUT2D eigenvalue weighted by atomic mass is 35.5. The molecule has 0 aliphatic heterocycles. The quantitative estimate of drug-likeness (QED) is 0.592. The average Bonchev–Trinajstić information content (AvgIpc) is 2.35. The van der Waals surface area contributed by atoms with E-state index in [0.717, 1.165) is 32.6 Å². The molecule has 0 aromatic heterocycles. The van der Waals surface area contributed by atoms with Crippen molar-refractivity contribution in [1.29, 1.82) is 0 Å². The first-order valence-electron chi connectivity index (χ1n) is 6.29. The van der Waals surface area contributed by atoms with Gasteiger partial charge in [0.15, 0.2) is 0 Å². The lowest BCUT2D eigenvalue weighted by atomic mass is 10.2. The summed E-state index contributed by atoms with van der Waals surface area (Å²) >= 11 is 5.64. The maximum atomic E-state index is 13.3. The molecular formula is C13H21ClFN3. The summed E-state index contributed by atoms with van der Waals surface area (Å²) < 4.78 is 13.3. The molecule has 102 valence electrons. The first-order chi connectivity index (χ1) is 8.58. The van der Waals surface area contributed by atoms with Crippen LogP contribution in [-0.4, -0.2) is 31.1 Å². The van der Waals surface area contributed by atoms with Crippen LogP contribution in [0.1, 0.15) is 20.3 Å². The van der Waals surface area contributed by atoms with Crippen LogP contribution in [0.5, 0.6) is 0 Å². The highest BCUT2D eigenvalue weighted by molar-refractivity contribution is 6.31. The SMILES string of the molecule is CCN(CC)CCCNc1cc(F)c(Cl)cc1N. The van der Waals surface area contributed by atoms with Crippen molar-refractivity contribution in [2.24, 2.45) is 0 Å². The number of anilines is 2. The zero-order valence-electron chi connectivity index (χ0n) is 11.0. The summed E-state index contributed by atoms with van der Waals surface area (Å²) in [5.41, 5.74) is 6.84. The molecule has 0 bridgehead atoms. The molecule has 1 aromatic carbocycles. The third-order valence-corrected chi connectivity index (χ3v) is 3.24. The van der Waals surface area contributed by atoms with Gasteiger partial charge in [0.25, 0.3) is 0 Å². The van der Waals surface area contributed by atoms with E-state index in [9.17, 15) is 4.39 Å². The zero-order valence-corrected chi connectivity index (χ0v) is 11.7. The highest BCUT2D eigenvalue weighted by Gasteiger charge is 2.06. The van der Waals surface area contributed by atoms with Crippen LogP contribution in [0.2, 0.25) is 5.02 Å². The Labute approximate surface area is 113 Å². The van der Waals surface area contributed by atoms with Crippen molar-refractivity contribution >= 4 is 23.0 Å². The van der Waals surface area contributed by atoms with E-state index in [-0.39, 0.29) is 5.02 Å². The molecule has 0 unspecified atom stereocenters. The molecule has 18 heavy (non-hydrogen) atoms. The molecule has 3 nitrogen and oxygen atoms in total. The molecule has 0 radical (unpaired) electrons. The standard InChI is InChI=1S/C13H21ClFN3/c1-3-18(4-2)7-5-6-17-13-9-11(15)10(14)8-12(13)16/h8-9,17H,3-7,16H2,1-2H3. The molecule has 0 heterocycles. The fraction of sp³-hybridized carbons (Fsp3) is 0.538. The molecule has 0 saturated heterocycles. The Bertz CT molecular complexity index is 381. The summed E-state index contributed by atoms with van der Waals surface area (Å²) in [6, 6.07) is 2.78. The van der Waals surface area contributed by atoms with Crippen LogP contribution < -0.4 is 11.1 Å². The van der Waals surface area contributed by atoms with Gasteiger partial charge in [-0.1, -0.05) is 25.4 Å². The molecule has 1 rings (SSSR count). The number of benzene rings is 1. The zero-order chi connectivity index (χ0) is 13.5. The predicted molar refractivity (Wildman–Crippen MR) is 76.7 cm³/mol. The number of nitrogens with two attached hydrogens (primary N) is 1. The number of nitrogens with one attached hydrogen (secondary N) is 1. The lowest BCUT2D eigenvalue weighted by Crippen LogP contribution is -2.25. The number of rotatable bonds is 7. The lowest BCUT2D eigenvalue weighted by Gasteiger charge is -2.18. The van der Waals surface area contributed by atoms with Gasteiger partial charge in [0.1, 0.15) is 5.82 Å². The van der Waals surface area contributed by atoms with Gasteiger partial charge in [-0.25, -0.2) is 4.39 Å². The Kier molecular flexibility index (Phi) is 6.22. The predicted octanol–water partition coefficient (Wildman–Crippen LogP) is 3.21. The molecule has 5 heteroatoms. The van der Waals surface area contributed by atoms with Crippen molar-refractivity contribution in [3.8, 4) is 0 Å². The van der Waals surface area contributed by atoms with Crippen molar-refractivity contribution in [2.45, 2.75) is 20.3 Å². The van der Waals surface area contributed by atoms with Crippen LogP contribution in [-0.2, 0) is 0 Å². The Balaban J connectivity index is 2.42. The minimum Gasteiger partial charge on any atom is -0.397 e. The Morgan fingerprint density at radius 2 is 2.00 bits per heavy atom. The molecule has 0 fully saturated rings. The Hall–Kier alpha value is -1.00. The summed E-state index contributed by atoms with van der Waals surface area (Å²) in [7, 11) is 0. The first-order valence-corrected chi connectivity index (χ1v) is 6.67. The van der Waals surface area contributed by atoms with E-state index in [2.05, 4.69) is 24.1 Å². The maximum absolute atomic E-state index is 13.3. The monoisotopic (exact) mass is 273 g/mol. The molecular weight excluding hydrogens is 253 g/mol. The topological polar surface area (TPSA) is 41.3 Å². The van der Waals surface area contributed by atoms with Gasteiger partial charge in [-0.05, 0) is 32.1 Å². The second-order valence-electron chi connectivity index (χ2n) is 4.16. The number of nitrogens with zero attached hydrogens (tertiary/aromatic N) is 1. The van der Waals surface area contributed by atoms with Gasteiger partial charge in [0.05, 0.1) is 16.4 Å². The normalized spacial score (nSPS) is 10.9. The van der Waals surface area contributed by atoms with Gasteiger partial charge in [0, 0.05) is 12.6 Å². The maximum Gasteiger partial charge on any atom is 0.143 e. The lowest BCUT2D eigenvalue weighted by molar-refractivity contribution is 0.303. The fourth-order valence-corrected chi connectivity index (χ4v) is 1.95. The molecule has 0 aliphatic rings. The first kappa shape index (κ1) is 15.1. The second-order valence-corrected chi connectivity index (χ2v) is 4.57. The summed E-state index contributed by atoms with van der Waals surface area (Å²) in [5.74, 6) is -0.447. The minimum absolute atomic E-state index is 0.0567. The summed E-state index contributed by atoms with van der Waals surface area (Å²) in [6.07, 6.45) is 0.991. The molecule has 0 amide bonds. The summed E-state index contributed by atoms with van der Waals surface area (Å²) in [6.45, 7) is 8.17. The van der Waals surface area contributed by atoms with E-state index in [1.54, 1.807) is 0 Å². The van der Waals surface area contributed by atoms with Crippen molar-refractivity contribution in [1.82, 2.24) is 4.90 Å². The van der Waals surface area contributed by atoms with Gasteiger partial charge in [-0.15, -0.1) is 0 Å². The van der Waals surface area contributed by atoms with Crippen LogP contribution in [0.3, 0.4) is 0 Å². The summed E-state index contributed by atoms with van der Waals surface area (Å²) in [5, 5.41) is 3.19.